The van der Waals surface area contributed by atoms with E-state index in [-0.39, 0.29) is 0 Å². The van der Waals surface area contributed by atoms with Crippen LogP contribution in [0.3, 0.4) is 0 Å². The van der Waals surface area contributed by atoms with E-state index >= 15 is 0 Å². The van der Waals surface area contributed by atoms with E-state index in [9.17, 15) is 0 Å². The van der Waals surface area contributed by atoms with Crippen LogP contribution in [0.15, 0.2) is 221 Å². The van der Waals surface area contributed by atoms with E-state index in [2.05, 4.69) is 156 Å². The lowest BCUT2D eigenvalue weighted by atomic mass is 10.1. The molecule has 0 aliphatic rings. The second-order valence-electron chi connectivity index (χ2n) is 16.1. The first kappa shape index (κ1) is 94.5. The van der Waals surface area contributed by atoms with Crippen LogP contribution in [0.5, 0.6) is 0 Å². The van der Waals surface area contributed by atoms with Gasteiger partial charge in [0.25, 0.3) is 0 Å². The molecule has 15 heteroatoms. The van der Waals surface area contributed by atoms with Gasteiger partial charge in [-0.3, -0.25) is 29.9 Å². The lowest BCUT2D eigenvalue weighted by Gasteiger charge is -1.98. The number of pyridine rings is 4. The standard InChI is InChI=1S/3C10H9N.C6H7N.4C5H6N2.C4H5N3.9C2H6/c1-8-4-2-5-9-6-3-7-11-10(8)9;1-8-3-2-4-9-7-11-6-5-10(8)9;1-8-3-2-4-9-5-6-11-7-10(8)9;1-6-2-4-7-5-3-6;1-5-2-6-4-7-3-5;1-5-4-6-2-3-7-5;1-5-2-3-6-4-7-5;1-5-6-3-2-4-7-5;1-4-6-2-5-3-7-4;9*1-2/h3*2-7H,1H3;2-5H,1H3;4*2-4H,1H3;2-3H,1H3;9*1-2H3. The number of para-hydroxylation sites is 1. The first-order valence-corrected chi connectivity index (χ1v) is 32.7. The van der Waals surface area contributed by atoms with Crippen molar-refractivity contribution in [2.24, 2.45) is 0 Å². The minimum atomic E-state index is 0.759. The van der Waals surface area contributed by atoms with Gasteiger partial charge in [0.05, 0.1) is 11.2 Å². The summed E-state index contributed by atoms with van der Waals surface area (Å²) in [6.45, 7) is 53.8. The SMILES string of the molecule is CC.CC.CC.CC.CC.CC.CC.CC.CC.Cc1cccc2cccnc12.Cc1cccc2ccncc12.Cc1cccc2cnccc12.Cc1ccncc1.Cc1ccncn1.Cc1cnccn1.Cc1cncnc1.Cc1ncccn1.Cc1ncncn1. The molecular weight excluding hydrogens is 1150 g/mol. The molecule has 0 atom stereocenters. The minimum Gasteiger partial charge on any atom is -0.265 e. The van der Waals surface area contributed by atoms with Crippen molar-refractivity contribution in [3.05, 3.63) is 272 Å². The Balaban J connectivity index is -0.000000223. The maximum atomic E-state index is 4.28. The highest BCUT2D eigenvalue weighted by atomic mass is 15.0. The minimum absolute atomic E-state index is 0.759. The third-order valence-corrected chi connectivity index (χ3v) is 9.91. The Bertz CT molecular complexity index is 2880. The molecule has 0 saturated carbocycles. The summed E-state index contributed by atoms with van der Waals surface area (Å²) in [5, 5.41) is 6.23. The van der Waals surface area contributed by atoms with Gasteiger partial charge in [-0.05, 0) is 143 Å². The number of hydrogen-bond acceptors (Lipinski definition) is 15. The Labute approximate surface area is 563 Å². The summed E-state index contributed by atoms with van der Waals surface area (Å²) >= 11 is 0. The summed E-state index contributed by atoms with van der Waals surface area (Å²) in [5.74, 6) is 1.58. The van der Waals surface area contributed by atoms with E-state index in [0.717, 1.165) is 34.1 Å². The molecule has 0 unspecified atom stereocenters. The molecule has 3 aromatic carbocycles. The van der Waals surface area contributed by atoms with Crippen LogP contribution in [0.1, 0.15) is 175 Å². The maximum Gasteiger partial charge on any atom is 0.128 e. The van der Waals surface area contributed by atoms with Gasteiger partial charge in [-0.25, -0.2) is 44.9 Å². The van der Waals surface area contributed by atoms with Crippen molar-refractivity contribution in [3.8, 4) is 0 Å². The fraction of sp³-hybridized carbons (Fsp3) is 0.346. The number of nitrogens with zero attached hydrogens (tertiary/aromatic N) is 15. The molecule has 93 heavy (non-hydrogen) atoms. The van der Waals surface area contributed by atoms with Gasteiger partial charge in [0, 0.05) is 115 Å². The molecule has 0 amide bonds. The topological polar surface area (TPSA) is 193 Å². The molecular formula is C78H117N15. The Morgan fingerprint density at radius 2 is 0.667 bits per heavy atom. The highest BCUT2D eigenvalue weighted by molar-refractivity contribution is 5.85. The van der Waals surface area contributed by atoms with Crippen molar-refractivity contribution in [1.29, 1.82) is 0 Å². The lowest BCUT2D eigenvalue weighted by molar-refractivity contribution is 0.974. The van der Waals surface area contributed by atoms with Crippen molar-refractivity contribution in [1.82, 2.24) is 74.8 Å². The van der Waals surface area contributed by atoms with Gasteiger partial charge >= 0.3 is 0 Å². The fourth-order valence-corrected chi connectivity index (χ4v) is 6.01. The highest BCUT2D eigenvalue weighted by Gasteiger charge is 1.95. The van der Waals surface area contributed by atoms with E-state index in [4.69, 9.17) is 0 Å². The molecule has 9 heterocycles. The van der Waals surface area contributed by atoms with E-state index in [0.29, 0.717) is 0 Å². The van der Waals surface area contributed by atoms with Crippen LogP contribution < -0.4 is 0 Å². The number of aryl methyl sites for hydroxylation is 9. The van der Waals surface area contributed by atoms with Gasteiger partial charge in [0.1, 0.15) is 37.0 Å². The fourth-order valence-electron chi connectivity index (χ4n) is 6.01. The summed E-state index contributed by atoms with van der Waals surface area (Å²) in [4.78, 5) is 58.0. The van der Waals surface area contributed by atoms with Gasteiger partial charge in [-0.2, -0.15) is 0 Å². The van der Waals surface area contributed by atoms with Gasteiger partial charge in [-0.1, -0.05) is 185 Å². The average molecular weight is 1260 g/mol. The number of hydrogen-bond donors (Lipinski definition) is 0. The smallest absolute Gasteiger partial charge is 0.128 e. The Morgan fingerprint density at radius 3 is 1.05 bits per heavy atom. The highest BCUT2D eigenvalue weighted by Crippen LogP contribution is 2.17. The third kappa shape index (κ3) is 51.8. The molecule has 0 aliphatic heterocycles. The Kier molecular flexibility index (Phi) is 74.3. The van der Waals surface area contributed by atoms with Crippen LogP contribution in [-0.4, -0.2) is 74.8 Å². The summed E-state index contributed by atoms with van der Waals surface area (Å²) in [6, 6.07) is 34.4. The van der Waals surface area contributed by atoms with Gasteiger partial charge in [0.15, 0.2) is 0 Å². The zero-order chi connectivity index (χ0) is 71.7. The van der Waals surface area contributed by atoms with Crippen molar-refractivity contribution in [3.63, 3.8) is 0 Å². The molecule has 0 saturated heterocycles. The largest absolute Gasteiger partial charge is 0.265 e. The predicted molar refractivity (Wildman–Crippen MR) is 402 cm³/mol. The van der Waals surface area contributed by atoms with Gasteiger partial charge in [-0.15, -0.1) is 0 Å². The number of aromatic nitrogens is 15. The first-order valence-electron chi connectivity index (χ1n) is 32.7. The molecule has 0 radical (unpaired) electrons. The van der Waals surface area contributed by atoms with E-state index < -0.39 is 0 Å². The zero-order valence-electron chi connectivity index (χ0n) is 62.0. The van der Waals surface area contributed by atoms with Crippen LogP contribution in [0, 0.1) is 62.3 Å². The molecule has 12 aromatic rings. The van der Waals surface area contributed by atoms with Crippen LogP contribution in [0.2, 0.25) is 0 Å². The zero-order valence-corrected chi connectivity index (χ0v) is 62.0. The Hall–Kier alpha value is -9.63. The van der Waals surface area contributed by atoms with Crippen molar-refractivity contribution >= 4 is 32.4 Å². The predicted octanol–water partition coefficient (Wildman–Crippen LogP) is 21.6. The monoisotopic (exact) mass is 1260 g/mol. The van der Waals surface area contributed by atoms with Crippen molar-refractivity contribution in [2.45, 2.75) is 187 Å². The number of benzene rings is 3. The molecule has 15 nitrogen and oxygen atoms in total. The molecule has 0 aliphatic carbocycles. The molecule has 504 valence electrons. The summed E-state index contributed by atoms with van der Waals surface area (Å²) in [6.07, 6.45) is 32.6. The van der Waals surface area contributed by atoms with Gasteiger partial charge in [0.2, 0.25) is 0 Å². The van der Waals surface area contributed by atoms with Crippen molar-refractivity contribution < 1.29 is 0 Å². The maximum absolute atomic E-state index is 4.28. The molecule has 0 spiro atoms. The molecule has 9 aromatic heterocycles. The van der Waals surface area contributed by atoms with Crippen LogP contribution >= 0.6 is 0 Å². The second kappa shape index (κ2) is 73.1. The Morgan fingerprint density at radius 1 is 0.215 bits per heavy atom. The first-order chi connectivity index (χ1) is 45.5. The number of fused-ring (bicyclic) bond motifs is 3. The normalized spacial score (nSPS) is 8.16. The molecule has 0 fully saturated rings. The van der Waals surface area contributed by atoms with Gasteiger partial charge < -0.3 is 0 Å². The van der Waals surface area contributed by atoms with E-state index in [1.807, 2.05) is 234 Å². The third-order valence-electron chi connectivity index (χ3n) is 9.91. The molecule has 12 rings (SSSR count). The lowest BCUT2D eigenvalue weighted by Crippen LogP contribution is -1.84. The summed E-state index contributed by atoms with van der Waals surface area (Å²) < 4.78 is 0. The quantitative estimate of drug-likeness (QED) is 0.139. The van der Waals surface area contributed by atoms with Crippen LogP contribution in [0.25, 0.3) is 32.4 Å². The molecule has 0 bridgehead atoms. The van der Waals surface area contributed by atoms with Crippen LogP contribution in [-0.2, 0) is 0 Å². The van der Waals surface area contributed by atoms with E-state index in [1.165, 1.54) is 74.5 Å². The summed E-state index contributed by atoms with van der Waals surface area (Å²) in [5.41, 5.74) is 9.27. The van der Waals surface area contributed by atoms with Crippen LogP contribution in [0.4, 0.5) is 0 Å². The number of rotatable bonds is 0. The second-order valence-corrected chi connectivity index (χ2v) is 16.1. The van der Waals surface area contributed by atoms with Crippen molar-refractivity contribution in [2.75, 3.05) is 0 Å². The summed E-state index contributed by atoms with van der Waals surface area (Å²) in [7, 11) is 0. The average Bonchev–Trinajstić information content (AvgIpc) is 1.11. The molecule has 0 N–H and O–H groups in total. The van der Waals surface area contributed by atoms with E-state index in [1.54, 1.807) is 68.0 Å².